The SMILES string of the molecule is CCc1ccc(-c2oc(C3CCN(C(=O)N(O)CC)CC3)nc2-c2ccc(OC)cc2)cc1. The summed E-state index contributed by atoms with van der Waals surface area (Å²) in [4.78, 5) is 18.9. The van der Waals surface area contributed by atoms with Crippen molar-refractivity contribution in [1.82, 2.24) is 14.9 Å². The molecule has 0 bridgehead atoms. The fourth-order valence-electron chi connectivity index (χ4n) is 4.16. The summed E-state index contributed by atoms with van der Waals surface area (Å²) in [6, 6.07) is 15.9. The highest BCUT2D eigenvalue weighted by molar-refractivity contribution is 5.77. The Labute approximate surface area is 194 Å². The summed E-state index contributed by atoms with van der Waals surface area (Å²) in [6.07, 6.45) is 2.45. The third-order valence-corrected chi connectivity index (χ3v) is 6.27. The Kier molecular flexibility index (Phi) is 6.99. The Bertz CT molecular complexity index is 1000. The quantitative estimate of drug-likeness (QED) is 0.392. The van der Waals surface area contributed by atoms with Crippen LogP contribution < -0.4 is 4.74 Å². The van der Waals surface area contributed by atoms with Gasteiger partial charge in [-0.25, -0.2) is 14.8 Å². The summed E-state index contributed by atoms with van der Waals surface area (Å²) in [5, 5.41) is 10.5. The van der Waals surface area contributed by atoms with Crippen molar-refractivity contribution in [1.29, 1.82) is 0 Å². The first-order valence-corrected chi connectivity index (χ1v) is 11.5. The molecule has 2 aromatic carbocycles. The molecule has 174 valence electrons. The molecular formula is C26H31N3O4. The summed E-state index contributed by atoms with van der Waals surface area (Å²) < 4.78 is 11.7. The number of rotatable bonds is 6. The number of hydrogen-bond donors (Lipinski definition) is 1. The van der Waals surface area contributed by atoms with Gasteiger partial charge in [-0.15, -0.1) is 0 Å². The Morgan fingerprint density at radius 1 is 1.09 bits per heavy atom. The Morgan fingerprint density at radius 2 is 1.73 bits per heavy atom. The van der Waals surface area contributed by atoms with Crippen molar-refractivity contribution >= 4 is 6.03 Å². The molecule has 1 N–H and O–H groups in total. The lowest BCUT2D eigenvalue weighted by atomic mass is 9.97. The van der Waals surface area contributed by atoms with Gasteiger partial charge in [0, 0.05) is 36.7 Å². The van der Waals surface area contributed by atoms with Crippen molar-refractivity contribution in [2.45, 2.75) is 39.0 Å². The monoisotopic (exact) mass is 449 g/mol. The predicted molar refractivity (Wildman–Crippen MR) is 126 cm³/mol. The molecule has 0 radical (unpaired) electrons. The summed E-state index contributed by atoms with van der Waals surface area (Å²) >= 11 is 0. The van der Waals surface area contributed by atoms with Crippen LogP contribution in [0.2, 0.25) is 0 Å². The van der Waals surface area contributed by atoms with Crippen LogP contribution in [0.5, 0.6) is 5.75 Å². The van der Waals surface area contributed by atoms with Gasteiger partial charge in [-0.05, 0) is 56.0 Å². The van der Waals surface area contributed by atoms with Crippen molar-refractivity contribution in [2.24, 2.45) is 0 Å². The standard InChI is InChI=1S/C26H31N3O4/c1-4-18-6-8-20(9-7-18)24-23(19-10-12-22(32-3)13-11-19)27-25(33-24)21-14-16-28(17-15-21)26(30)29(31)5-2/h6-13,21,31H,4-5,14-17H2,1-3H3. The summed E-state index contributed by atoms with van der Waals surface area (Å²) in [5.41, 5.74) is 4.03. The highest BCUT2D eigenvalue weighted by atomic mass is 16.5. The average molecular weight is 450 g/mol. The number of likely N-dealkylation sites (tertiary alicyclic amines) is 1. The van der Waals surface area contributed by atoms with Crippen molar-refractivity contribution < 1.29 is 19.2 Å². The van der Waals surface area contributed by atoms with Gasteiger partial charge in [0.1, 0.15) is 11.4 Å². The Hall–Kier alpha value is -3.32. The molecule has 2 amide bonds. The fourth-order valence-corrected chi connectivity index (χ4v) is 4.16. The minimum Gasteiger partial charge on any atom is -0.497 e. The van der Waals surface area contributed by atoms with Crippen LogP contribution in [0.15, 0.2) is 52.9 Å². The maximum absolute atomic E-state index is 12.3. The number of piperidine rings is 1. The molecule has 7 nitrogen and oxygen atoms in total. The number of carbonyl (C=O) groups excluding carboxylic acids is 1. The lowest BCUT2D eigenvalue weighted by molar-refractivity contribution is -0.0543. The number of ether oxygens (including phenoxy) is 1. The van der Waals surface area contributed by atoms with Gasteiger partial charge in [0.25, 0.3) is 0 Å². The van der Waals surface area contributed by atoms with Gasteiger partial charge >= 0.3 is 6.03 Å². The van der Waals surface area contributed by atoms with E-state index in [0.717, 1.165) is 52.7 Å². The average Bonchev–Trinajstić information content (AvgIpc) is 3.33. The van der Waals surface area contributed by atoms with Gasteiger partial charge < -0.3 is 14.1 Å². The van der Waals surface area contributed by atoms with E-state index < -0.39 is 0 Å². The number of hydrogen-bond acceptors (Lipinski definition) is 5. The largest absolute Gasteiger partial charge is 0.497 e. The van der Waals surface area contributed by atoms with Gasteiger partial charge in [-0.1, -0.05) is 31.2 Å². The van der Waals surface area contributed by atoms with E-state index in [1.807, 2.05) is 24.3 Å². The molecule has 0 spiro atoms. The van der Waals surface area contributed by atoms with Gasteiger partial charge in [0.05, 0.1) is 7.11 Å². The highest BCUT2D eigenvalue weighted by Crippen LogP contribution is 2.38. The van der Waals surface area contributed by atoms with Crippen LogP contribution in [-0.2, 0) is 6.42 Å². The number of methoxy groups -OCH3 is 1. The second-order valence-corrected chi connectivity index (χ2v) is 8.27. The molecule has 1 aliphatic heterocycles. The predicted octanol–water partition coefficient (Wildman–Crippen LogP) is 5.59. The van der Waals surface area contributed by atoms with E-state index in [1.54, 1.807) is 18.9 Å². The van der Waals surface area contributed by atoms with E-state index in [1.165, 1.54) is 5.56 Å². The summed E-state index contributed by atoms with van der Waals surface area (Å²) in [7, 11) is 1.65. The third kappa shape index (κ3) is 4.88. The molecule has 1 fully saturated rings. The number of nitrogens with zero attached hydrogens (tertiary/aromatic N) is 3. The van der Waals surface area contributed by atoms with E-state index in [2.05, 4.69) is 31.2 Å². The zero-order valence-electron chi connectivity index (χ0n) is 19.5. The second-order valence-electron chi connectivity index (χ2n) is 8.27. The number of amides is 2. The van der Waals surface area contributed by atoms with Crippen LogP contribution in [0.1, 0.15) is 44.1 Å². The normalized spacial score (nSPS) is 14.4. The van der Waals surface area contributed by atoms with Crippen molar-refractivity contribution in [3.8, 4) is 28.3 Å². The van der Waals surface area contributed by atoms with Crippen molar-refractivity contribution in [2.75, 3.05) is 26.7 Å². The summed E-state index contributed by atoms with van der Waals surface area (Å²) in [6.45, 7) is 5.26. The maximum atomic E-state index is 12.3. The van der Waals surface area contributed by atoms with Crippen LogP contribution in [0.3, 0.4) is 0 Å². The van der Waals surface area contributed by atoms with Gasteiger partial charge in [0.2, 0.25) is 0 Å². The summed E-state index contributed by atoms with van der Waals surface area (Å²) in [5.74, 6) is 2.35. The molecule has 3 aromatic rings. The number of hydroxylamine groups is 2. The molecule has 4 rings (SSSR count). The number of carbonyl (C=O) groups is 1. The highest BCUT2D eigenvalue weighted by Gasteiger charge is 2.30. The lowest BCUT2D eigenvalue weighted by Crippen LogP contribution is -2.45. The van der Waals surface area contributed by atoms with E-state index >= 15 is 0 Å². The number of urea groups is 1. The number of aromatic nitrogens is 1. The van der Waals surface area contributed by atoms with Gasteiger partial charge in [-0.2, -0.15) is 0 Å². The molecule has 7 heteroatoms. The van der Waals surface area contributed by atoms with Crippen LogP contribution in [0.4, 0.5) is 4.79 Å². The first-order valence-electron chi connectivity index (χ1n) is 11.5. The smallest absolute Gasteiger partial charge is 0.343 e. The molecule has 0 atom stereocenters. The minimum absolute atomic E-state index is 0.114. The van der Waals surface area contributed by atoms with Crippen LogP contribution in [0.25, 0.3) is 22.6 Å². The molecule has 1 saturated heterocycles. The molecule has 1 aliphatic rings. The second kappa shape index (κ2) is 10.1. The zero-order valence-corrected chi connectivity index (χ0v) is 19.5. The van der Waals surface area contributed by atoms with Crippen molar-refractivity contribution in [3.63, 3.8) is 0 Å². The maximum Gasteiger partial charge on any atom is 0.343 e. The zero-order chi connectivity index (χ0) is 23.4. The van der Waals surface area contributed by atoms with Crippen LogP contribution in [0, 0.1) is 0 Å². The van der Waals surface area contributed by atoms with Crippen LogP contribution in [-0.4, -0.2) is 52.9 Å². The van der Waals surface area contributed by atoms with Crippen molar-refractivity contribution in [3.05, 3.63) is 60.0 Å². The van der Waals surface area contributed by atoms with E-state index in [0.29, 0.717) is 19.0 Å². The molecular weight excluding hydrogens is 418 g/mol. The Balaban J connectivity index is 1.62. The topological polar surface area (TPSA) is 79.0 Å². The van der Waals surface area contributed by atoms with Crippen LogP contribution >= 0.6 is 0 Å². The number of benzene rings is 2. The van der Waals surface area contributed by atoms with Gasteiger partial charge in [-0.3, -0.25) is 5.21 Å². The molecule has 33 heavy (non-hydrogen) atoms. The molecule has 0 saturated carbocycles. The Morgan fingerprint density at radius 3 is 2.30 bits per heavy atom. The third-order valence-electron chi connectivity index (χ3n) is 6.27. The molecule has 0 aliphatic carbocycles. The first-order chi connectivity index (χ1) is 16.0. The lowest BCUT2D eigenvalue weighted by Gasteiger charge is -2.32. The number of oxazole rings is 1. The van der Waals surface area contributed by atoms with E-state index in [4.69, 9.17) is 14.1 Å². The van der Waals surface area contributed by atoms with Gasteiger partial charge in [0.15, 0.2) is 11.7 Å². The van der Waals surface area contributed by atoms with E-state index in [-0.39, 0.29) is 18.5 Å². The van der Waals surface area contributed by atoms with E-state index in [9.17, 15) is 10.0 Å². The number of aryl methyl sites for hydroxylation is 1. The molecule has 1 aromatic heterocycles. The minimum atomic E-state index is -0.348. The first kappa shape index (κ1) is 22.9. The molecule has 0 unspecified atom stereocenters. The fraction of sp³-hybridized carbons (Fsp3) is 0.385. The molecule has 2 heterocycles.